The Bertz CT molecular complexity index is 326. The van der Waals surface area contributed by atoms with E-state index in [1.807, 2.05) is 6.07 Å². The third-order valence-corrected chi connectivity index (χ3v) is 3.05. The first-order valence-electron chi connectivity index (χ1n) is 5.96. The number of hydrogen-bond acceptors (Lipinski definition) is 2. The van der Waals surface area contributed by atoms with E-state index in [0.29, 0.717) is 6.54 Å². The Morgan fingerprint density at radius 2 is 2.06 bits per heavy atom. The Hall–Kier alpha value is -0.730. The van der Waals surface area contributed by atoms with E-state index in [-0.39, 0.29) is 0 Å². The molecular weight excluding hydrogens is 220 g/mol. The summed E-state index contributed by atoms with van der Waals surface area (Å²) in [5, 5.41) is 0.806. The SMILES string of the molecule is CCCCN(CC)c1ccc(CN)cc1Cl. The maximum absolute atomic E-state index is 6.26. The lowest BCUT2D eigenvalue weighted by Crippen LogP contribution is -2.24. The summed E-state index contributed by atoms with van der Waals surface area (Å²) in [6.07, 6.45) is 2.40. The van der Waals surface area contributed by atoms with Crippen LogP contribution in [0.15, 0.2) is 18.2 Å². The van der Waals surface area contributed by atoms with E-state index in [0.717, 1.165) is 29.4 Å². The molecule has 0 spiro atoms. The number of nitrogens with zero attached hydrogens (tertiary/aromatic N) is 1. The Labute approximate surface area is 103 Å². The number of nitrogens with two attached hydrogens (primary N) is 1. The molecule has 0 radical (unpaired) electrons. The molecule has 0 saturated heterocycles. The molecule has 0 atom stereocenters. The molecule has 0 unspecified atom stereocenters. The van der Waals surface area contributed by atoms with Gasteiger partial charge in [-0.15, -0.1) is 0 Å². The van der Waals surface area contributed by atoms with Gasteiger partial charge >= 0.3 is 0 Å². The molecule has 1 aromatic rings. The molecule has 0 aromatic heterocycles. The maximum atomic E-state index is 6.26. The highest BCUT2D eigenvalue weighted by molar-refractivity contribution is 6.33. The topological polar surface area (TPSA) is 29.3 Å². The third kappa shape index (κ3) is 3.39. The van der Waals surface area contributed by atoms with Gasteiger partial charge in [-0.1, -0.05) is 31.0 Å². The molecule has 2 nitrogen and oxygen atoms in total. The molecule has 90 valence electrons. The second-order valence-corrected chi connectivity index (χ2v) is 4.33. The zero-order valence-corrected chi connectivity index (χ0v) is 10.9. The van der Waals surface area contributed by atoms with Gasteiger partial charge in [-0.2, -0.15) is 0 Å². The Balaban J connectivity index is 2.83. The van der Waals surface area contributed by atoms with Crippen LogP contribution in [0.5, 0.6) is 0 Å². The normalized spacial score (nSPS) is 10.5. The van der Waals surface area contributed by atoms with Crippen molar-refractivity contribution < 1.29 is 0 Å². The number of unbranched alkanes of at least 4 members (excludes halogenated alkanes) is 1. The number of anilines is 1. The smallest absolute Gasteiger partial charge is 0.0642 e. The van der Waals surface area contributed by atoms with Crippen LogP contribution < -0.4 is 10.6 Å². The fraction of sp³-hybridized carbons (Fsp3) is 0.538. The highest BCUT2D eigenvalue weighted by Gasteiger charge is 2.08. The first kappa shape index (κ1) is 13.3. The average molecular weight is 241 g/mol. The maximum Gasteiger partial charge on any atom is 0.0642 e. The van der Waals surface area contributed by atoms with Gasteiger partial charge in [0.15, 0.2) is 0 Å². The molecule has 1 aromatic carbocycles. The highest BCUT2D eigenvalue weighted by atomic mass is 35.5. The molecule has 0 heterocycles. The van der Waals surface area contributed by atoms with E-state index >= 15 is 0 Å². The van der Waals surface area contributed by atoms with Crippen LogP contribution in [0.3, 0.4) is 0 Å². The fourth-order valence-corrected chi connectivity index (χ4v) is 2.05. The minimum absolute atomic E-state index is 0.543. The molecule has 0 aliphatic rings. The van der Waals surface area contributed by atoms with Crippen LogP contribution in [-0.2, 0) is 6.54 Å². The van der Waals surface area contributed by atoms with Crippen molar-refractivity contribution in [2.75, 3.05) is 18.0 Å². The van der Waals surface area contributed by atoms with Crippen LogP contribution in [0.25, 0.3) is 0 Å². The van der Waals surface area contributed by atoms with E-state index in [1.165, 1.54) is 12.8 Å². The molecule has 1 rings (SSSR count). The van der Waals surface area contributed by atoms with E-state index in [9.17, 15) is 0 Å². The zero-order valence-electron chi connectivity index (χ0n) is 10.2. The molecular formula is C13H21ClN2. The number of benzene rings is 1. The minimum atomic E-state index is 0.543. The average Bonchev–Trinajstić information content (AvgIpc) is 2.31. The van der Waals surface area contributed by atoms with Crippen molar-refractivity contribution in [1.29, 1.82) is 0 Å². The highest BCUT2D eigenvalue weighted by Crippen LogP contribution is 2.27. The van der Waals surface area contributed by atoms with E-state index in [4.69, 9.17) is 17.3 Å². The van der Waals surface area contributed by atoms with E-state index < -0.39 is 0 Å². The summed E-state index contributed by atoms with van der Waals surface area (Å²) < 4.78 is 0. The van der Waals surface area contributed by atoms with Crippen molar-refractivity contribution in [3.63, 3.8) is 0 Å². The van der Waals surface area contributed by atoms with Crippen molar-refractivity contribution in [2.24, 2.45) is 5.73 Å². The fourth-order valence-electron chi connectivity index (χ4n) is 1.73. The molecule has 0 saturated carbocycles. The van der Waals surface area contributed by atoms with Gasteiger partial charge in [0.2, 0.25) is 0 Å². The van der Waals surface area contributed by atoms with Gasteiger partial charge in [-0.25, -0.2) is 0 Å². The van der Waals surface area contributed by atoms with E-state index in [1.54, 1.807) is 0 Å². The predicted molar refractivity (Wildman–Crippen MR) is 72.1 cm³/mol. The van der Waals surface area contributed by atoms with Gasteiger partial charge in [0.1, 0.15) is 0 Å². The second-order valence-electron chi connectivity index (χ2n) is 3.92. The molecule has 0 bridgehead atoms. The largest absolute Gasteiger partial charge is 0.371 e. The summed E-state index contributed by atoms with van der Waals surface area (Å²) in [5.74, 6) is 0. The van der Waals surface area contributed by atoms with Gasteiger partial charge < -0.3 is 10.6 Å². The molecule has 2 N–H and O–H groups in total. The molecule has 16 heavy (non-hydrogen) atoms. The standard InChI is InChI=1S/C13H21ClN2/c1-3-5-8-16(4-2)13-7-6-11(10-15)9-12(13)14/h6-7,9H,3-5,8,10,15H2,1-2H3. The summed E-state index contributed by atoms with van der Waals surface area (Å²) in [7, 11) is 0. The first-order chi connectivity index (χ1) is 7.72. The molecule has 3 heteroatoms. The van der Waals surface area contributed by atoms with Crippen LogP contribution in [0.4, 0.5) is 5.69 Å². The van der Waals surface area contributed by atoms with Crippen LogP contribution in [0.2, 0.25) is 5.02 Å². The van der Waals surface area contributed by atoms with Crippen LogP contribution in [0.1, 0.15) is 32.3 Å². The summed E-state index contributed by atoms with van der Waals surface area (Å²) in [6, 6.07) is 6.09. The number of hydrogen-bond donors (Lipinski definition) is 1. The summed E-state index contributed by atoms with van der Waals surface area (Å²) in [6.45, 7) is 6.95. The van der Waals surface area contributed by atoms with Crippen molar-refractivity contribution in [3.8, 4) is 0 Å². The second kappa shape index (κ2) is 6.77. The van der Waals surface area contributed by atoms with E-state index in [2.05, 4.69) is 30.9 Å². The molecule has 0 amide bonds. The monoisotopic (exact) mass is 240 g/mol. The zero-order chi connectivity index (χ0) is 12.0. The lowest BCUT2D eigenvalue weighted by atomic mass is 10.2. The summed E-state index contributed by atoms with van der Waals surface area (Å²) in [5.41, 5.74) is 7.79. The van der Waals surface area contributed by atoms with Crippen molar-refractivity contribution in [2.45, 2.75) is 33.2 Å². The molecule has 0 fully saturated rings. The number of rotatable bonds is 6. The van der Waals surface area contributed by atoms with Crippen molar-refractivity contribution >= 4 is 17.3 Å². The Morgan fingerprint density at radius 1 is 1.31 bits per heavy atom. The molecule has 0 aliphatic carbocycles. The lowest BCUT2D eigenvalue weighted by molar-refractivity contribution is 0.732. The number of halogens is 1. The van der Waals surface area contributed by atoms with Gasteiger partial charge in [0.05, 0.1) is 10.7 Å². The minimum Gasteiger partial charge on any atom is -0.371 e. The van der Waals surface area contributed by atoms with Gasteiger partial charge in [-0.3, -0.25) is 0 Å². The first-order valence-corrected chi connectivity index (χ1v) is 6.34. The summed E-state index contributed by atoms with van der Waals surface area (Å²) in [4.78, 5) is 2.31. The quantitative estimate of drug-likeness (QED) is 0.826. The Morgan fingerprint density at radius 3 is 2.56 bits per heavy atom. The Kier molecular flexibility index (Phi) is 5.64. The van der Waals surface area contributed by atoms with Crippen LogP contribution in [-0.4, -0.2) is 13.1 Å². The van der Waals surface area contributed by atoms with Crippen LogP contribution >= 0.6 is 11.6 Å². The van der Waals surface area contributed by atoms with Gasteiger partial charge in [0, 0.05) is 19.6 Å². The van der Waals surface area contributed by atoms with Crippen LogP contribution in [0, 0.1) is 0 Å². The van der Waals surface area contributed by atoms with Gasteiger partial charge in [-0.05, 0) is 31.0 Å². The predicted octanol–water partition coefficient (Wildman–Crippen LogP) is 3.43. The third-order valence-electron chi connectivity index (χ3n) is 2.75. The van der Waals surface area contributed by atoms with Crippen molar-refractivity contribution in [3.05, 3.63) is 28.8 Å². The molecule has 0 aliphatic heterocycles. The summed E-state index contributed by atoms with van der Waals surface area (Å²) >= 11 is 6.26. The lowest BCUT2D eigenvalue weighted by Gasteiger charge is -2.24. The van der Waals surface area contributed by atoms with Crippen molar-refractivity contribution in [1.82, 2.24) is 0 Å². The van der Waals surface area contributed by atoms with Gasteiger partial charge in [0.25, 0.3) is 0 Å².